The molecule has 2 amide bonds. The van der Waals surface area contributed by atoms with Crippen LogP contribution in [0.5, 0.6) is 11.5 Å². The fourth-order valence-electron chi connectivity index (χ4n) is 4.78. The number of para-hydroxylation sites is 2. The molecule has 6 nitrogen and oxygen atoms in total. The summed E-state index contributed by atoms with van der Waals surface area (Å²) in [6, 6.07) is 19.2. The summed E-state index contributed by atoms with van der Waals surface area (Å²) in [6.07, 6.45) is 3.39. The quantitative estimate of drug-likeness (QED) is 0.400. The van der Waals surface area contributed by atoms with Gasteiger partial charge in [0, 0.05) is 18.0 Å². The Morgan fingerprint density at radius 1 is 1.03 bits per heavy atom. The Bertz CT molecular complexity index is 1190. The molecule has 2 aromatic carbocycles. The first-order valence-electron chi connectivity index (χ1n) is 12.6. The van der Waals surface area contributed by atoms with Gasteiger partial charge in [-0.2, -0.15) is 0 Å². The molecule has 7 heteroatoms. The van der Waals surface area contributed by atoms with Gasteiger partial charge in [0.15, 0.2) is 11.5 Å². The number of fused-ring (bicyclic) bond motifs is 1. The molecule has 1 fully saturated rings. The summed E-state index contributed by atoms with van der Waals surface area (Å²) >= 11 is 1.73. The molecule has 36 heavy (non-hydrogen) atoms. The van der Waals surface area contributed by atoms with Crippen LogP contribution in [0.15, 0.2) is 66.0 Å². The molecule has 2 aliphatic rings. The third kappa shape index (κ3) is 5.73. The highest BCUT2D eigenvalue weighted by atomic mass is 32.1. The van der Waals surface area contributed by atoms with Gasteiger partial charge in [0.2, 0.25) is 11.8 Å². The molecule has 0 bridgehead atoms. The molecule has 0 N–H and O–H groups in total. The van der Waals surface area contributed by atoms with Gasteiger partial charge < -0.3 is 19.3 Å². The Morgan fingerprint density at radius 3 is 2.53 bits per heavy atom. The van der Waals surface area contributed by atoms with E-state index in [-0.39, 0.29) is 24.4 Å². The Hall–Kier alpha value is -3.32. The number of rotatable bonds is 10. The van der Waals surface area contributed by atoms with Gasteiger partial charge in [-0.15, -0.1) is 11.3 Å². The number of carbonyl (C=O) groups is 2. The minimum atomic E-state index is -0.204. The summed E-state index contributed by atoms with van der Waals surface area (Å²) in [5.41, 5.74) is 2.11. The molecule has 1 aliphatic heterocycles. The zero-order valence-corrected chi connectivity index (χ0v) is 21.4. The van der Waals surface area contributed by atoms with Crippen LogP contribution < -0.4 is 9.47 Å². The molecule has 2 heterocycles. The van der Waals surface area contributed by atoms with Crippen LogP contribution in [0.25, 0.3) is 0 Å². The maximum absolute atomic E-state index is 13.7. The predicted octanol–water partition coefficient (Wildman–Crippen LogP) is 4.74. The van der Waals surface area contributed by atoms with Gasteiger partial charge in [0.05, 0.1) is 26.1 Å². The Morgan fingerprint density at radius 2 is 1.78 bits per heavy atom. The molecule has 1 atom stereocenters. The molecule has 0 spiro atoms. The first-order valence-corrected chi connectivity index (χ1v) is 13.4. The molecule has 1 saturated carbocycles. The topological polar surface area (TPSA) is 59.1 Å². The van der Waals surface area contributed by atoms with Crippen LogP contribution >= 0.6 is 11.3 Å². The fourth-order valence-corrected chi connectivity index (χ4v) is 5.71. The lowest BCUT2D eigenvalue weighted by molar-refractivity contribution is -0.142. The van der Waals surface area contributed by atoms with Gasteiger partial charge in [-0.3, -0.25) is 9.59 Å². The van der Waals surface area contributed by atoms with E-state index in [4.69, 9.17) is 9.47 Å². The maximum Gasteiger partial charge on any atom is 0.242 e. The van der Waals surface area contributed by atoms with Crippen LogP contribution in [0, 0.1) is 5.92 Å². The molecule has 188 valence electrons. The van der Waals surface area contributed by atoms with E-state index in [0.29, 0.717) is 43.5 Å². The predicted molar refractivity (Wildman–Crippen MR) is 140 cm³/mol. The lowest BCUT2D eigenvalue weighted by Crippen LogP contribution is -2.48. The van der Waals surface area contributed by atoms with Crippen LogP contribution in [0.1, 0.15) is 34.9 Å². The molecular weight excluding hydrogens is 472 g/mol. The number of benzene rings is 2. The maximum atomic E-state index is 13.7. The first-order chi connectivity index (χ1) is 17.6. The second kappa shape index (κ2) is 11.2. The van der Waals surface area contributed by atoms with Crippen molar-refractivity contribution < 1.29 is 19.1 Å². The van der Waals surface area contributed by atoms with Gasteiger partial charge in [-0.05, 0) is 59.9 Å². The molecule has 1 aromatic heterocycles. The first kappa shape index (κ1) is 24.4. The highest BCUT2D eigenvalue weighted by Crippen LogP contribution is 2.36. The number of thiophene rings is 1. The fraction of sp³-hybridized carbons (Fsp3) is 0.379. The van der Waals surface area contributed by atoms with Crippen LogP contribution in [-0.4, -0.2) is 55.0 Å². The minimum Gasteiger partial charge on any atom is -0.493 e. The van der Waals surface area contributed by atoms with E-state index in [2.05, 4.69) is 11.4 Å². The number of amides is 2. The summed E-state index contributed by atoms with van der Waals surface area (Å²) in [7, 11) is 1.62. The van der Waals surface area contributed by atoms with Crippen LogP contribution in [0.2, 0.25) is 0 Å². The lowest BCUT2D eigenvalue weighted by Gasteiger charge is -2.37. The summed E-state index contributed by atoms with van der Waals surface area (Å²) in [5, 5.41) is 2.08. The number of hydrogen-bond donors (Lipinski definition) is 0. The monoisotopic (exact) mass is 504 g/mol. The van der Waals surface area contributed by atoms with Crippen molar-refractivity contribution in [3.05, 3.63) is 82.0 Å². The molecule has 5 rings (SSSR count). The van der Waals surface area contributed by atoms with Crippen LogP contribution in [0.3, 0.4) is 0 Å². The van der Waals surface area contributed by atoms with Crippen molar-refractivity contribution in [2.45, 2.75) is 31.7 Å². The third-order valence-electron chi connectivity index (χ3n) is 6.93. The van der Waals surface area contributed by atoms with Crippen molar-refractivity contribution in [2.75, 3.05) is 33.4 Å². The van der Waals surface area contributed by atoms with Gasteiger partial charge >= 0.3 is 0 Å². The van der Waals surface area contributed by atoms with Gasteiger partial charge in [0.1, 0.15) is 6.61 Å². The van der Waals surface area contributed by atoms with Crippen LogP contribution in [0.4, 0.5) is 0 Å². The van der Waals surface area contributed by atoms with E-state index in [0.717, 1.165) is 30.4 Å². The van der Waals surface area contributed by atoms with Crippen molar-refractivity contribution in [3.8, 4) is 11.5 Å². The summed E-state index contributed by atoms with van der Waals surface area (Å²) in [5.74, 6) is 1.81. The molecule has 3 aromatic rings. The smallest absolute Gasteiger partial charge is 0.242 e. The highest BCUT2D eigenvalue weighted by molar-refractivity contribution is 7.10. The highest BCUT2D eigenvalue weighted by Gasteiger charge is 2.35. The SMILES string of the molecule is COc1ccccc1OC[C@@H]1c2ccsc2CCN1C(=O)CN(CC1CC1)C(=O)Cc1ccccc1. The molecule has 1 aliphatic carbocycles. The van der Waals surface area contributed by atoms with E-state index < -0.39 is 0 Å². The Labute approximate surface area is 216 Å². The number of ether oxygens (including phenoxy) is 2. The molecule has 0 radical (unpaired) electrons. The van der Waals surface area contributed by atoms with Crippen molar-refractivity contribution in [2.24, 2.45) is 5.92 Å². The molecule has 0 saturated heterocycles. The molecular formula is C29H32N2O4S. The number of hydrogen-bond acceptors (Lipinski definition) is 5. The van der Waals surface area contributed by atoms with Gasteiger partial charge in [-0.25, -0.2) is 0 Å². The number of nitrogens with zero attached hydrogens (tertiary/aromatic N) is 2. The van der Waals surface area contributed by atoms with Crippen molar-refractivity contribution in [1.82, 2.24) is 9.80 Å². The lowest BCUT2D eigenvalue weighted by atomic mass is 10.00. The summed E-state index contributed by atoms with van der Waals surface area (Å²) in [4.78, 5) is 31.9. The minimum absolute atomic E-state index is 0.0107. The van der Waals surface area contributed by atoms with E-state index in [1.165, 1.54) is 4.88 Å². The summed E-state index contributed by atoms with van der Waals surface area (Å²) in [6.45, 7) is 1.71. The van der Waals surface area contributed by atoms with E-state index in [9.17, 15) is 9.59 Å². The van der Waals surface area contributed by atoms with Crippen molar-refractivity contribution in [1.29, 1.82) is 0 Å². The normalized spacial score (nSPS) is 16.8. The zero-order valence-electron chi connectivity index (χ0n) is 20.6. The van der Waals surface area contributed by atoms with E-state index in [1.807, 2.05) is 59.5 Å². The largest absolute Gasteiger partial charge is 0.493 e. The summed E-state index contributed by atoms with van der Waals surface area (Å²) < 4.78 is 11.6. The second-order valence-corrected chi connectivity index (χ2v) is 10.5. The Kier molecular flexibility index (Phi) is 7.56. The third-order valence-corrected chi connectivity index (χ3v) is 7.93. The van der Waals surface area contributed by atoms with E-state index >= 15 is 0 Å². The van der Waals surface area contributed by atoms with Crippen molar-refractivity contribution in [3.63, 3.8) is 0 Å². The van der Waals surface area contributed by atoms with Gasteiger partial charge in [0.25, 0.3) is 0 Å². The Balaban J connectivity index is 1.31. The standard InChI is InChI=1S/C29H32N2O4S/c1-34-25-9-5-6-10-26(25)35-20-24-23-14-16-36-27(23)13-15-31(24)29(33)19-30(18-22-11-12-22)28(32)17-21-7-3-2-4-8-21/h2-10,14,16,22,24H,11-13,15,17-20H2,1H3/t24-/m1/s1. The van der Waals surface area contributed by atoms with E-state index in [1.54, 1.807) is 23.3 Å². The zero-order chi connectivity index (χ0) is 24.9. The average molecular weight is 505 g/mol. The average Bonchev–Trinajstić information content (AvgIpc) is 3.59. The van der Waals surface area contributed by atoms with Crippen LogP contribution in [-0.2, 0) is 22.4 Å². The number of methoxy groups -OCH3 is 1. The number of carbonyl (C=O) groups excluding carboxylic acids is 2. The van der Waals surface area contributed by atoms with Crippen molar-refractivity contribution >= 4 is 23.2 Å². The van der Waals surface area contributed by atoms with Gasteiger partial charge in [-0.1, -0.05) is 42.5 Å². The molecule has 0 unspecified atom stereocenters. The second-order valence-electron chi connectivity index (χ2n) is 9.49.